The van der Waals surface area contributed by atoms with E-state index in [9.17, 15) is 8.42 Å². The number of hydrogen-bond acceptors (Lipinski definition) is 3. The molecule has 4 aromatic rings. The molecule has 1 unspecified atom stereocenters. The highest BCUT2D eigenvalue weighted by Crippen LogP contribution is 2.53. The van der Waals surface area contributed by atoms with Gasteiger partial charge >= 0.3 is 0 Å². The van der Waals surface area contributed by atoms with Crippen LogP contribution in [-0.4, -0.2) is 8.42 Å². The number of benzene rings is 4. The number of rotatable bonds is 5. The summed E-state index contributed by atoms with van der Waals surface area (Å²) in [7, 11) is -3.57. The molecule has 0 amide bonds. The Morgan fingerprint density at radius 3 is 1.72 bits per heavy atom. The average molecular weight is 497 g/mol. The minimum atomic E-state index is -3.57. The van der Waals surface area contributed by atoms with E-state index >= 15 is 0 Å². The zero-order valence-electron chi connectivity index (χ0n) is 21.5. The average Bonchev–Trinajstić information content (AvgIpc) is 3.05. The van der Waals surface area contributed by atoms with Crippen LogP contribution in [0, 0.1) is 13.8 Å². The van der Waals surface area contributed by atoms with Gasteiger partial charge < -0.3 is 4.74 Å². The molecule has 0 aromatic heterocycles. The Labute approximate surface area is 214 Å². The highest BCUT2D eigenvalue weighted by Gasteiger charge is 2.45. The molecular weight excluding hydrogens is 464 g/mol. The molecule has 1 aliphatic rings. The highest BCUT2D eigenvalue weighted by atomic mass is 32.2. The van der Waals surface area contributed by atoms with Gasteiger partial charge in [-0.2, -0.15) is 0 Å². The molecule has 5 rings (SSSR count). The third-order valence-electron chi connectivity index (χ3n) is 7.50. The maximum atomic E-state index is 13.0. The molecule has 0 radical (unpaired) electrons. The Morgan fingerprint density at radius 1 is 0.639 bits per heavy atom. The summed E-state index contributed by atoms with van der Waals surface area (Å²) >= 11 is 0. The predicted molar refractivity (Wildman–Crippen MR) is 145 cm³/mol. The van der Waals surface area contributed by atoms with E-state index in [1.54, 1.807) is 36.4 Å². The largest absolute Gasteiger partial charge is 0.457 e. The summed E-state index contributed by atoms with van der Waals surface area (Å²) in [6, 6.07) is 28.7. The van der Waals surface area contributed by atoms with Crippen molar-refractivity contribution in [2.24, 2.45) is 0 Å². The van der Waals surface area contributed by atoms with Gasteiger partial charge in [-0.3, -0.25) is 0 Å². The zero-order valence-corrected chi connectivity index (χ0v) is 22.3. The fourth-order valence-electron chi connectivity index (χ4n) is 5.56. The number of ether oxygens (including phenoxy) is 1. The van der Waals surface area contributed by atoms with Gasteiger partial charge in [-0.15, -0.1) is 0 Å². The number of aryl methyl sites for hydroxylation is 2. The van der Waals surface area contributed by atoms with Gasteiger partial charge in [0.15, 0.2) is 0 Å². The van der Waals surface area contributed by atoms with Crippen LogP contribution in [-0.2, 0) is 20.7 Å². The molecule has 0 heterocycles. The zero-order chi connectivity index (χ0) is 25.7. The van der Waals surface area contributed by atoms with Crippen molar-refractivity contribution in [1.82, 2.24) is 0 Å². The number of sulfone groups is 1. The first kappa shape index (κ1) is 24.3. The number of hydrogen-bond donors (Lipinski definition) is 0. The predicted octanol–water partition coefficient (Wildman–Crippen LogP) is 7.92. The quantitative estimate of drug-likeness (QED) is 0.282. The molecule has 184 valence electrons. The van der Waals surface area contributed by atoms with Gasteiger partial charge in [0.2, 0.25) is 9.84 Å². The van der Waals surface area contributed by atoms with E-state index < -0.39 is 9.84 Å². The SMILES string of the molecule is Cc1ccc(C2(C)CC(C)(C)c3ccc(Oc4ccc(S(=O)(=O)c5ccc(C)cc5)cc4)cc32)cc1. The van der Waals surface area contributed by atoms with E-state index in [4.69, 9.17) is 4.74 Å². The standard InChI is InChI=1S/C32H32O3S/c1-22-6-10-24(11-7-22)32(5)21-31(3,4)29-19-14-26(20-30(29)32)35-25-12-17-28(18-13-25)36(33,34)27-15-8-23(2)9-16-27/h6-20H,21H2,1-5H3. The maximum Gasteiger partial charge on any atom is 0.206 e. The second-order valence-electron chi connectivity index (χ2n) is 10.9. The van der Waals surface area contributed by atoms with Crippen LogP contribution in [0.4, 0.5) is 0 Å². The maximum absolute atomic E-state index is 13.0. The molecule has 0 bridgehead atoms. The molecule has 0 fully saturated rings. The van der Waals surface area contributed by atoms with Crippen LogP contribution in [0.2, 0.25) is 0 Å². The lowest BCUT2D eigenvalue weighted by Crippen LogP contribution is -2.23. The Kier molecular flexibility index (Phi) is 5.83. The summed E-state index contributed by atoms with van der Waals surface area (Å²) in [4.78, 5) is 0.541. The molecule has 0 saturated heterocycles. The molecule has 36 heavy (non-hydrogen) atoms. The van der Waals surface area contributed by atoms with Crippen molar-refractivity contribution >= 4 is 9.84 Å². The Bertz CT molecular complexity index is 1510. The van der Waals surface area contributed by atoms with Crippen LogP contribution in [0.25, 0.3) is 0 Å². The second kappa shape index (κ2) is 8.63. The molecule has 3 nitrogen and oxygen atoms in total. The van der Waals surface area contributed by atoms with Crippen LogP contribution in [0.3, 0.4) is 0 Å². The van der Waals surface area contributed by atoms with Crippen molar-refractivity contribution < 1.29 is 13.2 Å². The molecule has 0 saturated carbocycles. The molecule has 1 aliphatic carbocycles. The van der Waals surface area contributed by atoms with Gasteiger partial charge in [0, 0.05) is 5.41 Å². The minimum Gasteiger partial charge on any atom is -0.457 e. The van der Waals surface area contributed by atoms with Gasteiger partial charge in [0.05, 0.1) is 9.79 Å². The third kappa shape index (κ3) is 4.24. The van der Waals surface area contributed by atoms with E-state index in [0.717, 1.165) is 17.7 Å². The summed E-state index contributed by atoms with van der Waals surface area (Å²) in [5.41, 5.74) is 6.16. The monoisotopic (exact) mass is 496 g/mol. The summed E-state index contributed by atoms with van der Waals surface area (Å²) < 4.78 is 32.2. The molecule has 4 aromatic carbocycles. The molecule has 1 atom stereocenters. The first-order valence-electron chi connectivity index (χ1n) is 12.3. The lowest BCUT2D eigenvalue weighted by Gasteiger charge is -2.28. The summed E-state index contributed by atoms with van der Waals surface area (Å²) in [6.45, 7) is 11.0. The van der Waals surface area contributed by atoms with Gasteiger partial charge in [-0.1, -0.05) is 74.4 Å². The van der Waals surface area contributed by atoms with Gasteiger partial charge in [-0.05, 0) is 90.9 Å². The van der Waals surface area contributed by atoms with Crippen molar-refractivity contribution in [3.8, 4) is 11.5 Å². The molecule has 0 N–H and O–H groups in total. The van der Waals surface area contributed by atoms with E-state index in [2.05, 4.69) is 64.1 Å². The van der Waals surface area contributed by atoms with E-state index in [-0.39, 0.29) is 15.7 Å². The smallest absolute Gasteiger partial charge is 0.206 e. The molecular formula is C32H32O3S. The highest BCUT2D eigenvalue weighted by molar-refractivity contribution is 7.91. The van der Waals surface area contributed by atoms with Crippen LogP contribution in [0.5, 0.6) is 11.5 Å². The normalized spacial score (nSPS) is 18.6. The summed E-state index contributed by atoms with van der Waals surface area (Å²) in [5, 5.41) is 0. The van der Waals surface area contributed by atoms with Crippen molar-refractivity contribution in [3.05, 3.63) is 119 Å². The van der Waals surface area contributed by atoms with E-state index in [1.165, 1.54) is 22.3 Å². The molecule has 0 spiro atoms. The summed E-state index contributed by atoms with van der Waals surface area (Å²) in [6.07, 6.45) is 1.02. The lowest BCUT2D eigenvalue weighted by molar-refractivity contribution is 0.424. The van der Waals surface area contributed by atoms with Crippen molar-refractivity contribution in [1.29, 1.82) is 0 Å². The summed E-state index contributed by atoms with van der Waals surface area (Å²) in [5.74, 6) is 1.35. The fraction of sp³-hybridized carbons (Fsp3) is 0.250. The van der Waals surface area contributed by atoms with Crippen LogP contribution in [0.15, 0.2) is 101 Å². The minimum absolute atomic E-state index is 0.0550. The first-order chi connectivity index (χ1) is 17.0. The van der Waals surface area contributed by atoms with Crippen molar-refractivity contribution in [3.63, 3.8) is 0 Å². The Hall–Kier alpha value is -3.37. The topological polar surface area (TPSA) is 43.4 Å². The fourth-order valence-corrected chi connectivity index (χ4v) is 6.82. The Morgan fingerprint density at radius 2 is 1.14 bits per heavy atom. The van der Waals surface area contributed by atoms with Crippen molar-refractivity contribution in [2.45, 2.75) is 61.7 Å². The van der Waals surface area contributed by atoms with Crippen LogP contribution < -0.4 is 4.74 Å². The third-order valence-corrected chi connectivity index (χ3v) is 9.29. The van der Waals surface area contributed by atoms with Gasteiger partial charge in [0.1, 0.15) is 11.5 Å². The van der Waals surface area contributed by atoms with Gasteiger partial charge in [-0.25, -0.2) is 8.42 Å². The van der Waals surface area contributed by atoms with Crippen LogP contribution in [0.1, 0.15) is 55.0 Å². The van der Waals surface area contributed by atoms with E-state index in [1.807, 2.05) is 25.1 Å². The Balaban J connectivity index is 1.44. The lowest BCUT2D eigenvalue weighted by atomic mass is 9.75. The second-order valence-corrected chi connectivity index (χ2v) is 12.8. The molecule has 4 heteroatoms. The molecule has 0 aliphatic heterocycles. The van der Waals surface area contributed by atoms with E-state index in [0.29, 0.717) is 10.6 Å². The number of fused-ring (bicyclic) bond motifs is 1. The van der Waals surface area contributed by atoms with Crippen LogP contribution >= 0.6 is 0 Å². The van der Waals surface area contributed by atoms with Crippen molar-refractivity contribution in [2.75, 3.05) is 0 Å². The first-order valence-corrected chi connectivity index (χ1v) is 13.8. The van der Waals surface area contributed by atoms with Gasteiger partial charge in [0.25, 0.3) is 0 Å².